The zero-order valence-corrected chi connectivity index (χ0v) is 14.9. The second-order valence-electron chi connectivity index (χ2n) is 6.65. The maximum Gasteiger partial charge on any atom is 0.433 e. The molecular weight excluding hydrogens is 343 g/mol. The van der Waals surface area contributed by atoms with Gasteiger partial charge in [0.25, 0.3) is 0 Å². The van der Waals surface area contributed by atoms with Gasteiger partial charge >= 0.3 is 6.18 Å². The van der Waals surface area contributed by atoms with Crippen LogP contribution in [0.1, 0.15) is 29.8 Å². The number of hydrogen-bond donors (Lipinski definition) is 0. The van der Waals surface area contributed by atoms with E-state index in [2.05, 4.69) is 19.9 Å². The lowest BCUT2D eigenvalue weighted by molar-refractivity contribution is -0.141. The number of anilines is 1. The standard InChI is InChI=1S/C18H22F3N5/c1-13-5-3-8-22-15(13)12-26-10-4-6-14(11-26)25(2)17-23-9-7-16(24-17)18(19,20)21/h3,5,7-9,14H,4,6,10-12H2,1-2H3. The van der Waals surface area contributed by atoms with E-state index < -0.39 is 11.9 Å². The van der Waals surface area contributed by atoms with Crippen LogP contribution < -0.4 is 4.90 Å². The fourth-order valence-electron chi connectivity index (χ4n) is 3.23. The van der Waals surface area contributed by atoms with Crippen molar-refractivity contribution in [3.63, 3.8) is 0 Å². The summed E-state index contributed by atoms with van der Waals surface area (Å²) in [5, 5.41) is 0. The maximum atomic E-state index is 12.9. The van der Waals surface area contributed by atoms with Gasteiger partial charge in [-0.3, -0.25) is 9.88 Å². The number of aromatic nitrogens is 3. The van der Waals surface area contributed by atoms with Crippen LogP contribution >= 0.6 is 0 Å². The van der Waals surface area contributed by atoms with E-state index in [-0.39, 0.29) is 12.0 Å². The molecule has 1 fully saturated rings. The lowest BCUT2D eigenvalue weighted by Crippen LogP contribution is -2.47. The van der Waals surface area contributed by atoms with Crippen molar-refractivity contribution in [2.75, 3.05) is 25.0 Å². The highest BCUT2D eigenvalue weighted by atomic mass is 19.4. The first-order valence-corrected chi connectivity index (χ1v) is 8.60. The van der Waals surface area contributed by atoms with Gasteiger partial charge in [0.15, 0.2) is 0 Å². The Balaban J connectivity index is 1.70. The minimum Gasteiger partial charge on any atom is -0.340 e. The first-order valence-electron chi connectivity index (χ1n) is 8.60. The lowest BCUT2D eigenvalue weighted by Gasteiger charge is -2.37. The molecule has 1 atom stereocenters. The molecule has 1 saturated heterocycles. The van der Waals surface area contributed by atoms with Crippen LogP contribution in [0.2, 0.25) is 0 Å². The highest BCUT2D eigenvalue weighted by Crippen LogP contribution is 2.29. The molecule has 3 rings (SSSR count). The average molecular weight is 365 g/mol. The highest BCUT2D eigenvalue weighted by molar-refractivity contribution is 5.32. The lowest BCUT2D eigenvalue weighted by atomic mass is 10.0. The number of hydrogen-bond acceptors (Lipinski definition) is 5. The molecule has 0 spiro atoms. The third kappa shape index (κ3) is 4.30. The average Bonchev–Trinajstić information content (AvgIpc) is 2.63. The molecule has 8 heteroatoms. The van der Waals surface area contributed by atoms with Crippen LogP contribution in [-0.4, -0.2) is 46.0 Å². The maximum absolute atomic E-state index is 12.9. The fourth-order valence-corrected chi connectivity index (χ4v) is 3.23. The van der Waals surface area contributed by atoms with Crippen LogP contribution in [0.15, 0.2) is 30.6 Å². The minimum absolute atomic E-state index is 0.0660. The predicted molar refractivity (Wildman–Crippen MR) is 92.7 cm³/mol. The van der Waals surface area contributed by atoms with E-state index in [1.807, 2.05) is 19.1 Å². The minimum atomic E-state index is -4.46. The molecule has 0 aromatic carbocycles. The molecule has 1 aliphatic heterocycles. The van der Waals surface area contributed by atoms with E-state index in [0.29, 0.717) is 0 Å². The Morgan fingerprint density at radius 1 is 1.23 bits per heavy atom. The van der Waals surface area contributed by atoms with Crippen LogP contribution in [0.3, 0.4) is 0 Å². The normalized spacial score (nSPS) is 18.7. The van der Waals surface area contributed by atoms with Crippen molar-refractivity contribution in [2.24, 2.45) is 0 Å². The van der Waals surface area contributed by atoms with E-state index >= 15 is 0 Å². The van der Waals surface area contributed by atoms with Crippen LogP contribution in [0.4, 0.5) is 19.1 Å². The van der Waals surface area contributed by atoms with Gasteiger partial charge in [-0.1, -0.05) is 6.07 Å². The molecule has 0 aliphatic carbocycles. The van der Waals surface area contributed by atoms with Gasteiger partial charge in [-0.25, -0.2) is 9.97 Å². The third-order valence-corrected chi connectivity index (χ3v) is 4.77. The van der Waals surface area contributed by atoms with Crippen molar-refractivity contribution in [1.82, 2.24) is 19.9 Å². The zero-order valence-electron chi connectivity index (χ0n) is 14.9. The molecule has 0 amide bonds. The Labute approximate surface area is 150 Å². The molecule has 1 unspecified atom stereocenters. The molecule has 2 aromatic rings. The van der Waals surface area contributed by atoms with Gasteiger partial charge in [-0.05, 0) is 44.0 Å². The first kappa shape index (κ1) is 18.6. The summed E-state index contributed by atoms with van der Waals surface area (Å²) in [6.45, 7) is 4.46. The molecule has 0 radical (unpaired) electrons. The Morgan fingerprint density at radius 3 is 2.77 bits per heavy atom. The number of nitrogens with zero attached hydrogens (tertiary/aromatic N) is 5. The first-order chi connectivity index (χ1) is 12.3. The number of halogens is 3. The van der Waals surface area contributed by atoms with Crippen molar-refractivity contribution in [2.45, 2.75) is 38.5 Å². The number of aryl methyl sites for hydroxylation is 1. The van der Waals surface area contributed by atoms with Gasteiger partial charge in [0.2, 0.25) is 5.95 Å². The van der Waals surface area contributed by atoms with Gasteiger partial charge in [-0.15, -0.1) is 0 Å². The van der Waals surface area contributed by atoms with E-state index in [1.165, 1.54) is 6.20 Å². The zero-order chi connectivity index (χ0) is 18.7. The summed E-state index contributed by atoms with van der Waals surface area (Å²) in [6, 6.07) is 4.91. The molecule has 140 valence electrons. The molecule has 3 heterocycles. The topological polar surface area (TPSA) is 45.2 Å². The molecule has 1 aliphatic rings. The smallest absolute Gasteiger partial charge is 0.340 e. The largest absolute Gasteiger partial charge is 0.433 e. The molecular formula is C18H22F3N5. The number of likely N-dealkylation sites (tertiary alicyclic amines) is 1. The number of alkyl halides is 3. The number of pyridine rings is 1. The second kappa shape index (κ2) is 7.57. The third-order valence-electron chi connectivity index (χ3n) is 4.77. The summed E-state index contributed by atoms with van der Waals surface area (Å²) in [5.74, 6) is 0.112. The van der Waals surface area contributed by atoms with Crippen LogP contribution in [0.25, 0.3) is 0 Å². The Bertz CT molecular complexity index is 750. The van der Waals surface area contributed by atoms with Gasteiger partial charge in [0.05, 0.1) is 5.69 Å². The quantitative estimate of drug-likeness (QED) is 0.832. The summed E-state index contributed by atoms with van der Waals surface area (Å²) in [5.41, 5.74) is 1.27. The summed E-state index contributed by atoms with van der Waals surface area (Å²) >= 11 is 0. The molecule has 26 heavy (non-hydrogen) atoms. The van der Waals surface area contributed by atoms with Crippen LogP contribution in [0.5, 0.6) is 0 Å². The number of rotatable bonds is 4. The van der Waals surface area contributed by atoms with Crippen molar-refractivity contribution >= 4 is 5.95 Å². The van der Waals surface area contributed by atoms with Gasteiger partial charge in [-0.2, -0.15) is 13.2 Å². The predicted octanol–water partition coefficient (Wildman–Crippen LogP) is 3.30. The molecule has 2 aromatic heterocycles. The summed E-state index contributed by atoms with van der Waals surface area (Å²) in [4.78, 5) is 16.2. The van der Waals surface area contributed by atoms with Crippen molar-refractivity contribution in [3.05, 3.63) is 47.5 Å². The van der Waals surface area contributed by atoms with Crippen LogP contribution in [0, 0.1) is 6.92 Å². The Hall–Kier alpha value is -2.22. The Kier molecular flexibility index (Phi) is 5.41. The number of likely N-dealkylation sites (N-methyl/N-ethyl adjacent to an activating group) is 1. The van der Waals surface area contributed by atoms with Crippen molar-refractivity contribution in [3.8, 4) is 0 Å². The molecule has 0 bridgehead atoms. The van der Waals surface area contributed by atoms with Crippen molar-refractivity contribution < 1.29 is 13.2 Å². The van der Waals surface area contributed by atoms with Crippen molar-refractivity contribution in [1.29, 1.82) is 0 Å². The van der Waals surface area contributed by atoms with E-state index in [1.54, 1.807) is 18.1 Å². The Morgan fingerprint density at radius 2 is 2.04 bits per heavy atom. The SMILES string of the molecule is Cc1cccnc1CN1CCCC(N(C)c2nccc(C(F)(F)F)n2)C1. The summed E-state index contributed by atoms with van der Waals surface area (Å²) in [7, 11) is 1.76. The van der Waals surface area contributed by atoms with Gasteiger partial charge < -0.3 is 4.90 Å². The molecule has 0 N–H and O–H groups in total. The molecule has 5 nitrogen and oxygen atoms in total. The highest BCUT2D eigenvalue weighted by Gasteiger charge is 2.34. The van der Waals surface area contributed by atoms with E-state index in [9.17, 15) is 13.2 Å². The fraction of sp³-hybridized carbons (Fsp3) is 0.500. The van der Waals surface area contributed by atoms with E-state index in [4.69, 9.17) is 0 Å². The van der Waals surface area contributed by atoms with Gasteiger partial charge in [0, 0.05) is 38.6 Å². The number of piperidine rings is 1. The summed E-state index contributed by atoms with van der Waals surface area (Å²) < 4.78 is 38.7. The van der Waals surface area contributed by atoms with E-state index in [0.717, 1.165) is 49.8 Å². The van der Waals surface area contributed by atoms with Gasteiger partial charge in [0.1, 0.15) is 5.69 Å². The summed E-state index contributed by atoms with van der Waals surface area (Å²) in [6.07, 6.45) is 0.354. The molecule has 0 saturated carbocycles. The van der Waals surface area contributed by atoms with Crippen LogP contribution in [-0.2, 0) is 12.7 Å². The monoisotopic (exact) mass is 365 g/mol. The second-order valence-corrected chi connectivity index (χ2v) is 6.65.